The third-order valence-electron chi connectivity index (χ3n) is 5.07. The molecule has 25 heavy (non-hydrogen) atoms. The lowest BCUT2D eigenvalue weighted by Crippen LogP contribution is -2.54. The molecule has 1 atom stereocenters. The molecule has 0 spiro atoms. The van der Waals surface area contributed by atoms with Crippen LogP contribution < -0.4 is 16.4 Å². The van der Waals surface area contributed by atoms with Crippen molar-refractivity contribution in [2.24, 2.45) is 5.73 Å². The summed E-state index contributed by atoms with van der Waals surface area (Å²) in [7, 11) is 0. The summed E-state index contributed by atoms with van der Waals surface area (Å²) in [5, 5.41) is 5.82. The molecule has 2 fully saturated rings. The highest BCUT2D eigenvalue weighted by Gasteiger charge is 2.34. The van der Waals surface area contributed by atoms with Gasteiger partial charge in [-0.15, -0.1) is 0 Å². The van der Waals surface area contributed by atoms with Gasteiger partial charge in [0.2, 0.25) is 5.91 Å². The van der Waals surface area contributed by atoms with Gasteiger partial charge in [0.15, 0.2) is 0 Å². The maximum Gasteiger partial charge on any atom is 0.253 e. The minimum atomic E-state index is -0.732. The number of nitrogens with two attached hydrogens (primary N) is 1. The van der Waals surface area contributed by atoms with Crippen molar-refractivity contribution < 1.29 is 14.3 Å². The molecule has 3 rings (SSSR count). The van der Waals surface area contributed by atoms with Crippen LogP contribution in [0.25, 0.3) is 0 Å². The van der Waals surface area contributed by atoms with Gasteiger partial charge in [-0.1, -0.05) is 31.4 Å². The molecule has 136 valence electrons. The van der Waals surface area contributed by atoms with Crippen LogP contribution in [0.5, 0.6) is 0 Å². The van der Waals surface area contributed by atoms with Gasteiger partial charge in [-0.25, -0.2) is 0 Å². The fourth-order valence-electron chi connectivity index (χ4n) is 3.53. The van der Waals surface area contributed by atoms with E-state index in [9.17, 15) is 9.59 Å². The van der Waals surface area contributed by atoms with Crippen LogP contribution in [0.2, 0.25) is 0 Å². The average Bonchev–Trinajstić information content (AvgIpc) is 3.15. The van der Waals surface area contributed by atoms with Crippen LogP contribution >= 0.6 is 0 Å². The maximum atomic E-state index is 12.4. The van der Waals surface area contributed by atoms with Gasteiger partial charge < -0.3 is 21.1 Å². The molecular formula is C19H27N3O3. The normalized spacial score (nSPS) is 22.4. The Bertz CT molecular complexity index is 620. The van der Waals surface area contributed by atoms with Gasteiger partial charge in [0.05, 0.1) is 5.54 Å². The van der Waals surface area contributed by atoms with E-state index in [1.54, 1.807) is 0 Å². The number of hydrogen-bond donors (Lipinski definition) is 3. The van der Waals surface area contributed by atoms with Gasteiger partial charge in [-0.3, -0.25) is 9.59 Å². The van der Waals surface area contributed by atoms with Crippen molar-refractivity contribution in [3.8, 4) is 0 Å². The Kier molecular flexibility index (Phi) is 5.71. The zero-order chi connectivity index (χ0) is 17.7. The SMILES string of the molecule is NC1(C(=O)NCc2cccc(NC(=O)C3CCCO3)c2)CCCCC1. The molecule has 6 nitrogen and oxygen atoms in total. The number of carbonyl (C=O) groups excluding carboxylic acids is 2. The lowest BCUT2D eigenvalue weighted by Gasteiger charge is -2.31. The number of hydrogen-bond acceptors (Lipinski definition) is 4. The number of rotatable bonds is 5. The van der Waals surface area contributed by atoms with Gasteiger partial charge in [0, 0.05) is 18.8 Å². The number of amides is 2. The first-order valence-electron chi connectivity index (χ1n) is 9.15. The third-order valence-corrected chi connectivity index (χ3v) is 5.07. The first-order chi connectivity index (χ1) is 12.1. The largest absolute Gasteiger partial charge is 0.368 e. The van der Waals surface area contributed by atoms with Crippen LogP contribution in [0.3, 0.4) is 0 Å². The average molecular weight is 345 g/mol. The molecule has 4 N–H and O–H groups in total. The monoisotopic (exact) mass is 345 g/mol. The Morgan fingerprint density at radius 2 is 2.00 bits per heavy atom. The van der Waals surface area contributed by atoms with E-state index < -0.39 is 5.54 Å². The molecule has 1 heterocycles. The standard InChI is InChI=1S/C19H27N3O3/c20-19(9-2-1-3-10-19)18(24)21-13-14-6-4-7-15(12-14)22-17(23)16-8-5-11-25-16/h4,6-7,12,16H,1-3,5,8-11,13,20H2,(H,21,24)(H,22,23). The topological polar surface area (TPSA) is 93.5 Å². The van der Waals surface area contributed by atoms with Crippen LogP contribution in [-0.4, -0.2) is 30.1 Å². The maximum absolute atomic E-state index is 12.4. The van der Waals surface area contributed by atoms with Crippen molar-refractivity contribution in [2.45, 2.75) is 63.1 Å². The molecule has 1 unspecified atom stereocenters. The van der Waals surface area contributed by atoms with Crippen molar-refractivity contribution in [2.75, 3.05) is 11.9 Å². The van der Waals surface area contributed by atoms with E-state index in [0.717, 1.165) is 50.5 Å². The second kappa shape index (κ2) is 7.97. The summed E-state index contributed by atoms with van der Waals surface area (Å²) in [4.78, 5) is 24.5. The van der Waals surface area contributed by atoms with Crippen LogP contribution in [-0.2, 0) is 20.9 Å². The quantitative estimate of drug-likeness (QED) is 0.762. The minimum absolute atomic E-state index is 0.0824. The lowest BCUT2D eigenvalue weighted by atomic mass is 9.82. The number of carbonyl (C=O) groups is 2. The van der Waals surface area contributed by atoms with Gasteiger partial charge in [-0.2, -0.15) is 0 Å². The van der Waals surface area contributed by atoms with E-state index in [4.69, 9.17) is 10.5 Å². The minimum Gasteiger partial charge on any atom is -0.368 e. The van der Waals surface area contributed by atoms with Gasteiger partial charge >= 0.3 is 0 Å². The van der Waals surface area contributed by atoms with Crippen molar-refractivity contribution in [1.82, 2.24) is 5.32 Å². The van der Waals surface area contributed by atoms with E-state index in [2.05, 4.69) is 10.6 Å². The summed E-state index contributed by atoms with van der Waals surface area (Å²) in [5.74, 6) is -0.192. The molecule has 1 aliphatic carbocycles. The highest BCUT2D eigenvalue weighted by Crippen LogP contribution is 2.26. The van der Waals surface area contributed by atoms with Crippen molar-refractivity contribution in [1.29, 1.82) is 0 Å². The molecule has 2 aliphatic rings. The summed E-state index contributed by atoms with van der Waals surface area (Å²) < 4.78 is 5.39. The predicted molar refractivity (Wildman–Crippen MR) is 95.9 cm³/mol. The molecule has 0 radical (unpaired) electrons. The van der Waals surface area contributed by atoms with Gasteiger partial charge in [0.25, 0.3) is 5.91 Å². The number of anilines is 1. The smallest absolute Gasteiger partial charge is 0.253 e. The fraction of sp³-hybridized carbons (Fsp3) is 0.579. The van der Waals surface area contributed by atoms with Crippen molar-refractivity contribution >= 4 is 17.5 Å². The first-order valence-corrected chi connectivity index (χ1v) is 9.15. The number of benzene rings is 1. The summed E-state index contributed by atoms with van der Waals surface area (Å²) in [6.45, 7) is 1.05. The summed E-state index contributed by atoms with van der Waals surface area (Å²) in [6, 6.07) is 7.50. The van der Waals surface area contributed by atoms with Crippen LogP contribution in [0, 0.1) is 0 Å². The molecule has 1 aliphatic heterocycles. The van der Waals surface area contributed by atoms with Gasteiger partial charge in [-0.05, 0) is 43.4 Å². The Hall–Kier alpha value is -1.92. The van der Waals surface area contributed by atoms with Gasteiger partial charge in [0.1, 0.15) is 6.10 Å². The summed E-state index contributed by atoms with van der Waals surface area (Å²) >= 11 is 0. The van der Waals surface area contributed by atoms with Crippen LogP contribution in [0.4, 0.5) is 5.69 Å². The van der Waals surface area contributed by atoms with E-state index in [1.165, 1.54) is 0 Å². The van der Waals surface area contributed by atoms with E-state index in [0.29, 0.717) is 18.8 Å². The Morgan fingerprint density at radius 1 is 1.20 bits per heavy atom. The van der Waals surface area contributed by atoms with E-state index >= 15 is 0 Å². The lowest BCUT2D eigenvalue weighted by molar-refractivity contribution is -0.127. The van der Waals surface area contributed by atoms with Crippen molar-refractivity contribution in [3.05, 3.63) is 29.8 Å². The zero-order valence-corrected chi connectivity index (χ0v) is 14.6. The first kappa shape index (κ1) is 17.9. The third kappa shape index (κ3) is 4.58. The second-order valence-electron chi connectivity index (χ2n) is 7.09. The zero-order valence-electron chi connectivity index (χ0n) is 14.6. The molecule has 0 bridgehead atoms. The molecule has 1 aromatic carbocycles. The summed E-state index contributed by atoms with van der Waals surface area (Å²) in [6.07, 6.45) is 5.99. The molecule has 0 aromatic heterocycles. The van der Waals surface area contributed by atoms with Crippen molar-refractivity contribution in [3.63, 3.8) is 0 Å². The van der Waals surface area contributed by atoms with E-state index in [1.807, 2.05) is 24.3 Å². The van der Waals surface area contributed by atoms with E-state index in [-0.39, 0.29) is 17.9 Å². The number of nitrogens with one attached hydrogen (secondary N) is 2. The highest BCUT2D eigenvalue weighted by molar-refractivity contribution is 5.94. The molecule has 1 saturated heterocycles. The van der Waals surface area contributed by atoms with Crippen LogP contribution in [0.15, 0.2) is 24.3 Å². The number of ether oxygens (including phenoxy) is 1. The Morgan fingerprint density at radius 3 is 2.72 bits per heavy atom. The Balaban J connectivity index is 1.54. The second-order valence-corrected chi connectivity index (χ2v) is 7.09. The Labute approximate surface area is 148 Å². The molecule has 1 saturated carbocycles. The molecule has 2 amide bonds. The summed E-state index contributed by atoms with van der Waals surface area (Å²) in [5.41, 5.74) is 7.16. The highest BCUT2D eigenvalue weighted by atomic mass is 16.5. The van der Waals surface area contributed by atoms with Crippen LogP contribution in [0.1, 0.15) is 50.5 Å². The molecule has 6 heteroatoms. The predicted octanol–water partition coefficient (Wildman–Crippen LogP) is 2.08. The molecule has 1 aromatic rings. The molecular weight excluding hydrogens is 318 g/mol. The fourth-order valence-corrected chi connectivity index (χ4v) is 3.53.